The van der Waals surface area contributed by atoms with Crippen molar-refractivity contribution in [3.05, 3.63) is 36.9 Å². The lowest BCUT2D eigenvalue weighted by Crippen LogP contribution is -2.64. The van der Waals surface area contributed by atoms with Gasteiger partial charge in [0.15, 0.2) is 0 Å². The number of hydrogen-bond acceptors (Lipinski definition) is 4. The van der Waals surface area contributed by atoms with Crippen LogP contribution in [0.3, 0.4) is 0 Å². The third-order valence-electron chi connectivity index (χ3n) is 5.46. The van der Waals surface area contributed by atoms with E-state index in [9.17, 15) is 10.1 Å². The van der Waals surface area contributed by atoms with Gasteiger partial charge >= 0.3 is 0 Å². The number of aromatic amines is 1. The average Bonchev–Trinajstić information content (AvgIpc) is 3.15. The fourth-order valence-corrected chi connectivity index (χ4v) is 3.83. The lowest BCUT2D eigenvalue weighted by molar-refractivity contribution is -0.144. The number of nitrogens with zero attached hydrogens (tertiary/aromatic N) is 5. The second kappa shape index (κ2) is 5.43. The number of rotatable bonds is 4. The molecule has 2 aliphatic rings. The second-order valence-electron chi connectivity index (χ2n) is 7.30. The van der Waals surface area contributed by atoms with Crippen LogP contribution in [0, 0.1) is 17.2 Å². The smallest absolute Gasteiger partial charge is 0.225 e. The highest BCUT2D eigenvalue weighted by Gasteiger charge is 2.50. The van der Waals surface area contributed by atoms with Crippen LogP contribution in [0.15, 0.2) is 36.9 Å². The molecule has 130 valence electrons. The van der Waals surface area contributed by atoms with Gasteiger partial charge in [-0.3, -0.25) is 9.48 Å². The average molecular weight is 346 g/mol. The molecule has 4 heterocycles. The Balaban J connectivity index is 1.46. The number of nitrogens with one attached hydrogen (secondary N) is 1. The van der Waals surface area contributed by atoms with E-state index in [-0.39, 0.29) is 11.8 Å². The van der Waals surface area contributed by atoms with Crippen molar-refractivity contribution in [2.45, 2.75) is 24.8 Å². The molecule has 1 amide bonds. The van der Waals surface area contributed by atoms with Gasteiger partial charge in [0.1, 0.15) is 11.2 Å². The predicted molar refractivity (Wildman–Crippen MR) is 94.8 cm³/mol. The summed E-state index contributed by atoms with van der Waals surface area (Å²) in [7, 11) is 0. The minimum atomic E-state index is -0.415. The normalized spacial score (nSPS) is 18.5. The number of hydrogen-bond donors (Lipinski definition) is 1. The molecule has 1 aliphatic carbocycles. The molecule has 1 saturated carbocycles. The maximum atomic E-state index is 12.3. The van der Waals surface area contributed by atoms with E-state index in [1.165, 1.54) is 0 Å². The van der Waals surface area contributed by atoms with Gasteiger partial charge < -0.3 is 9.88 Å². The first-order valence-electron chi connectivity index (χ1n) is 8.84. The molecule has 3 aromatic rings. The number of nitriles is 1. The third-order valence-corrected chi connectivity index (χ3v) is 5.46. The van der Waals surface area contributed by atoms with Crippen LogP contribution in [0.5, 0.6) is 0 Å². The Hall–Kier alpha value is -3.14. The van der Waals surface area contributed by atoms with Crippen molar-refractivity contribution in [3.63, 3.8) is 0 Å². The van der Waals surface area contributed by atoms with Gasteiger partial charge in [0, 0.05) is 48.5 Å². The Morgan fingerprint density at radius 1 is 1.38 bits per heavy atom. The second-order valence-corrected chi connectivity index (χ2v) is 7.30. The zero-order valence-electron chi connectivity index (χ0n) is 14.2. The fraction of sp³-hybridized carbons (Fsp3) is 0.368. The van der Waals surface area contributed by atoms with E-state index < -0.39 is 5.54 Å². The molecule has 3 aromatic heterocycles. The summed E-state index contributed by atoms with van der Waals surface area (Å²) in [6, 6.07) is 6.24. The molecule has 7 nitrogen and oxygen atoms in total. The van der Waals surface area contributed by atoms with Gasteiger partial charge in [-0.15, -0.1) is 0 Å². The first kappa shape index (κ1) is 15.1. The molecule has 1 N–H and O–H groups in total. The lowest BCUT2D eigenvalue weighted by atomic mass is 9.86. The number of amides is 1. The maximum absolute atomic E-state index is 12.3. The molecule has 0 spiro atoms. The molecule has 2 fully saturated rings. The number of carbonyl (C=O) groups is 1. The highest BCUT2D eigenvalue weighted by atomic mass is 16.2. The van der Waals surface area contributed by atoms with Crippen LogP contribution in [0.2, 0.25) is 0 Å². The van der Waals surface area contributed by atoms with Crippen LogP contribution in [-0.2, 0) is 10.3 Å². The van der Waals surface area contributed by atoms with E-state index in [0.29, 0.717) is 19.5 Å². The van der Waals surface area contributed by atoms with Crippen molar-refractivity contribution >= 4 is 16.9 Å². The lowest BCUT2D eigenvalue weighted by Gasteiger charge is -2.49. The molecule has 0 radical (unpaired) electrons. The first-order valence-corrected chi connectivity index (χ1v) is 8.84. The minimum Gasteiger partial charge on any atom is -0.346 e. The molecule has 0 bridgehead atoms. The van der Waals surface area contributed by atoms with Crippen molar-refractivity contribution in [2.24, 2.45) is 5.92 Å². The number of carbonyl (C=O) groups excluding carboxylic acids is 1. The van der Waals surface area contributed by atoms with Crippen LogP contribution in [0.1, 0.15) is 19.3 Å². The van der Waals surface area contributed by atoms with E-state index >= 15 is 0 Å². The van der Waals surface area contributed by atoms with Crippen molar-refractivity contribution in [3.8, 4) is 17.2 Å². The Morgan fingerprint density at radius 2 is 2.23 bits per heavy atom. The number of pyridine rings is 1. The summed E-state index contributed by atoms with van der Waals surface area (Å²) >= 11 is 0. The van der Waals surface area contributed by atoms with E-state index in [1.54, 1.807) is 6.20 Å². The number of likely N-dealkylation sites (tertiary alicyclic amines) is 1. The topological polar surface area (TPSA) is 90.6 Å². The molecule has 1 saturated heterocycles. The summed E-state index contributed by atoms with van der Waals surface area (Å²) < 4.78 is 1.88. The summed E-state index contributed by atoms with van der Waals surface area (Å²) in [5.41, 5.74) is 2.47. The third kappa shape index (κ3) is 2.22. The largest absolute Gasteiger partial charge is 0.346 e. The van der Waals surface area contributed by atoms with Gasteiger partial charge in [0.2, 0.25) is 5.91 Å². The van der Waals surface area contributed by atoms with Crippen LogP contribution in [0.4, 0.5) is 0 Å². The molecule has 0 aromatic carbocycles. The van der Waals surface area contributed by atoms with Crippen molar-refractivity contribution in [1.82, 2.24) is 24.6 Å². The summed E-state index contributed by atoms with van der Waals surface area (Å²) in [4.78, 5) is 21.6. The van der Waals surface area contributed by atoms with E-state index in [2.05, 4.69) is 21.1 Å². The fourth-order valence-electron chi connectivity index (χ4n) is 3.83. The van der Waals surface area contributed by atoms with Crippen LogP contribution in [-0.4, -0.2) is 43.6 Å². The van der Waals surface area contributed by atoms with Crippen molar-refractivity contribution in [1.29, 1.82) is 5.26 Å². The summed E-state index contributed by atoms with van der Waals surface area (Å²) in [5.74, 6) is 0.441. The molecule has 5 rings (SSSR count). The Kier molecular flexibility index (Phi) is 3.16. The molecule has 0 unspecified atom stereocenters. The summed E-state index contributed by atoms with van der Waals surface area (Å²) in [5, 5.41) is 14.9. The van der Waals surface area contributed by atoms with Crippen LogP contribution >= 0.6 is 0 Å². The van der Waals surface area contributed by atoms with E-state index in [0.717, 1.165) is 35.0 Å². The van der Waals surface area contributed by atoms with E-state index in [4.69, 9.17) is 0 Å². The summed E-state index contributed by atoms with van der Waals surface area (Å²) in [6.07, 6.45) is 9.80. The van der Waals surface area contributed by atoms with Gasteiger partial charge in [-0.2, -0.15) is 10.4 Å². The monoisotopic (exact) mass is 346 g/mol. The molecule has 7 heteroatoms. The number of fused-ring (bicyclic) bond motifs is 1. The zero-order chi connectivity index (χ0) is 17.7. The van der Waals surface area contributed by atoms with Gasteiger partial charge in [-0.1, -0.05) is 0 Å². The Labute approximate surface area is 150 Å². The van der Waals surface area contributed by atoms with Crippen LogP contribution < -0.4 is 0 Å². The molecular weight excluding hydrogens is 328 g/mol. The van der Waals surface area contributed by atoms with Gasteiger partial charge in [0.25, 0.3) is 0 Å². The van der Waals surface area contributed by atoms with Gasteiger partial charge in [-0.05, 0) is 30.5 Å². The molecule has 1 aliphatic heterocycles. The number of H-pyrrole nitrogens is 1. The zero-order valence-corrected chi connectivity index (χ0v) is 14.2. The quantitative estimate of drug-likeness (QED) is 0.785. The molecule has 0 atom stereocenters. The molecule has 26 heavy (non-hydrogen) atoms. The van der Waals surface area contributed by atoms with Crippen molar-refractivity contribution < 1.29 is 4.79 Å². The van der Waals surface area contributed by atoms with Crippen LogP contribution in [0.25, 0.3) is 22.2 Å². The predicted octanol–water partition coefficient (Wildman–Crippen LogP) is 2.29. The highest BCUT2D eigenvalue weighted by molar-refractivity contribution is 5.92. The molecular formula is C19H18N6O. The van der Waals surface area contributed by atoms with Gasteiger partial charge in [-0.25, -0.2) is 4.98 Å². The first-order chi connectivity index (χ1) is 12.7. The Morgan fingerprint density at radius 3 is 3.00 bits per heavy atom. The van der Waals surface area contributed by atoms with Crippen molar-refractivity contribution in [2.75, 3.05) is 13.1 Å². The minimum absolute atomic E-state index is 0.210. The SMILES string of the molecule is N#CCC1(n2cc(-c3ccnc4[nH]ccc34)cn2)CN(C(=O)C2CC2)C1. The maximum Gasteiger partial charge on any atom is 0.225 e. The standard InChI is InChI=1S/C19H18N6O/c20-6-5-19(11-24(12-19)18(26)13-1-2-13)25-10-14(9-23-25)15-3-7-21-17-16(15)4-8-22-17/h3-4,7-10,13H,1-2,5,11-12H2,(H,21,22). The Bertz CT molecular complexity index is 1030. The number of aromatic nitrogens is 4. The summed E-state index contributed by atoms with van der Waals surface area (Å²) in [6.45, 7) is 1.12. The van der Waals surface area contributed by atoms with E-state index in [1.807, 2.05) is 40.3 Å². The highest BCUT2D eigenvalue weighted by Crippen LogP contribution is 2.39. The van der Waals surface area contributed by atoms with Gasteiger partial charge in [0.05, 0.1) is 18.7 Å².